The minimum atomic E-state index is -0.739. The number of carbonyl (C=O) groups is 2. The third-order valence-electron chi connectivity index (χ3n) is 5.09. The van der Waals surface area contributed by atoms with Gasteiger partial charge in [-0.05, 0) is 54.7 Å². The van der Waals surface area contributed by atoms with E-state index in [4.69, 9.17) is 5.26 Å². The van der Waals surface area contributed by atoms with Gasteiger partial charge in [-0.2, -0.15) is 5.26 Å². The lowest BCUT2D eigenvalue weighted by Crippen LogP contribution is -2.33. The van der Waals surface area contributed by atoms with Crippen LogP contribution in [0.25, 0.3) is 0 Å². The minimum absolute atomic E-state index is 0.00788. The number of hydrogen-bond acceptors (Lipinski definition) is 3. The summed E-state index contributed by atoms with van der Waals surface area (Å²) >= 11 is 0. The highest BCUT2D eigenvalue weighted by molar-refractivity contribution is 6.03. The monoisotopic (exact) mass is 349 g/mol. The van der Waals surface area contributed by atoms with Crippen molar-refractivity contribution in [2.75, 3.05) is 11.9 Å². The number of rotatable bonds is 3. The lowest BCUT2D eigenvalue weighted by atomic mass is 9.93. The maximum atomic E-state index is 14.4. The number of halogens is 1. The summed E-state index contributed by atoms with van der Waals surface area (Å²) in [4.78, 5) is 24.8. The highest BCUT2D eigenvalue weighted by Gasteiger charge is 2.51. The van der Waals surface area contributed by atoms with Gasteiger partial charge in [0.25, 0.3) is 5.91 Å². The smallest absolute Gasteiger partial charge is 0.251 e. The number of nitrogens with one attached hydrogen (secondary N) is 2. The van der Waals surface area contributed by atoms with E-state index in [9.17, 15) is 14.0 Å². The largest absolute Gasteiger partial charge is 0.352 e. The first-order chi connectivity index (χ1) is 12.5. The van der Waals surface area contributed by atoms with Crippen LogP contribution in [-0.4, -0.2) is 18.4 Å². The Morgan fingerprint density at radius 1 is 1.27 bits per heavy atom. The number of nitrogens with zero attached hydrogens (tertiary/aromatic N) is 1. The van der Waals surface area contributed by atoms with Crippen molar-refractivity contribution in [2.24, 2.45) is 0 Å². The van der Waals surface area contributed by atoms with Crippen molar-refractivity contribution in [3.05, 3.63) is 64.5 Å². The van der Waals surface area contributed by atoms with E-state index in [-0.39, 0.29) is 17.5 Å². The van der Waals surface area contributed by atoms with Crippen LogP contribution in [0.3, 0.4) is 0 Å². The molecular formula is C20H16FN3O2. The molecule has 6 heteroatoms. The van der Waals surface area contributed by atoms with Crippen LogP contribution >= 0.6 is 0 Å². The van der Waals surface area contributed by atoms with Crippen LogP contribution in [0.1, 0.15) is 39.9 Å². The maximum absolute atomic E-state index is 14.4. The van der Waals surface area contributed by atoms with E-state index < -0.39 is 11.2 Å². The summed E-state index contributed by atoms with van der Waals surface area (Å²) in [6, 6.07) is 11.7. The van der Waals surface area contributed by atoms with Gasteiger partial charge in [0.1, 0.15) is 5.82 Å². The standard InChI is InChI=1S/C20H16FN3O2/c21-16-9-13-4-7-23-18(25)15(13)10-17(16)24-19(26)20(5-6-20)14-3-1-2-12(8-14)11-22/h1-3,8-10H,4-7H2,(H,23,25)(H,24,26). The first-order valence-electron chi connectivity index (χ1n) is 8.46. The van der Waals surface area contributed by atoms with Gasteiger partial charge in [0.2, 0.25) is 5.91 Å². The summed E-state index contributed by atoms with van der Waals surface area (Å²) in [5, 5.41) is 14.4. The Bertz CT molecular complexity index is 974. The molecule has 0 spiro atoms. The molecule has 0 bridgehead atoms. The molecule has 1 aliphatic carbocycles. The molecule has 0 atom stereocenters. The molecule has 0 radical (unpaired) electrons. The van der Waals surface area contributed by atoms with Gasteiger partial charge in [0.15, 0.2) is 0 Å². The first-order valence-corrected chi connectivity index (χ1v) is 8.46. The lowest BCUT2D eigenvalue weighted by Gasteiger charge is -2.20. The van der Waals surface area contributed by atoms with E-state index in [2.05, 4.69) is 16.7 Å². The summed E-state index contributed by atoms with van der Waals surface area (Å²) in [6.45, 7) is 0.481. The molecule has 0 saturated heterocycles. The quantitative estimate of drug-likeness (QED) is 0.894. The molecule has 4 rings (SSSR count). The van der Waals surface area contributed by atoms with Crippen LogP contribution in [0.2, 0.25) is 0 Å². The fourth-order valence-corrected chi connectivity index (χ4v) is 3.43. The van der Waals surface area contributed by atoms with E-state index in [0.717, 1.165) is 5.56 Å². The predicted molar refractivity (Wildman–Crippen MR) is 93.1 cm³/mol. The van der Waals surface area contributed by atoms with Crippen LogP contribution in [0.5, 0.6) is 0 Å². The Labute approximate surface area is 149 Å². The number of carbonyl (C=O) groups excluding carboxylic acids is 2. The molecule has 26 heavy (non-hydrogen) atoms. The average Bonchev–Trinajstić information content (AvgIpc) is 3.45. The zero-order chi connectivity index (χ0) is 18.3. The second-order valence-electron chi connectivity index (χ2n) is 6.72. The second-order valence-corrected chi connectivity index (χ2v) is 6.72. The number of hydrogen-bond donors (Lipinski definition) is 2. The van der Waals surface area contributed by atoms with Gasteiger partial charge in [-0.15, -0.1) is 0 Å². The topological polar surface area (TPSA) is 82.0 Å². The van der Waals surface area contributed by atoms with Crippen molar-refractivity contribution >= 4 is 17.5 Å². The fourth-order valence-electron chi connectivity index (χ4n) is 3.43. The van der Waals surface area contributed by atoms with Gasteiger partial charge < -0.3 is 10.6 Å². The molecule has 2 aliphatic rings. The maximum Gasteiger partial charge on any atom is 0.251 e. The SMILES string of the molecule is N#Cc1cccc(C2(C(=O)Nc3cc4c(cc3F)CCNC4=O)CC2)c1. The summed E-state index contributed by atoms with van der Waals surface area (Å²) in [6.07, 6.45) is 1.85. The number of amides is 2. The Morgan fingerprint density at radius 2 is 2.08 bits per heavy atom. The molecule has 1 fully saturated rings. The molecule has 1 aliphatic heterocycles. The lowest BCUT2D eigenvalue weighted by molar-refractivity contribution is -0.118. The highest BCUT2D eigenvalue weighted by Crippen LogP contribution is 2.49. The molecule has 1 heterocycles. The van der Waals surface area contributed by atoms with E-state index in [1.807, 2.05) is 6.07 Å². The molecule has 1 saturated carbocycles. The molecule has 2 amide bonds. The van der Waals surface area contributed by atoms with Gasteiger partial charge >= 0.3 is 0 Å². The zero-order valence-corrected chi connectivity index (χ0v) is 13.9. The van der Waals surface area contributed by atoms with E-state index >= 15 is 0 Å². The molecular weight excluding hydrogens is 333 g/mol. The Balaban J connectivity index is 1.63. The Kier molecular flexibility index (Phi) is 3.73. The minimum Gasteiger partial charge on any atom is -0.352 e. The molecule has 2 aromatic rings. The first kappa shape index (κ1) is 16.3. The predicted octanol–water partition coefficient (Wildman–Crippen LogP) is 2.65. The molecule has 5 nitrogen and oxygen atoms in total. The number of anilines is 1. The molecule has 0 unspecified atom stereocenters. The van der Waals surface area contributed by atoms with Crippen LogP contribution in [-0.2, 0) is 16.6 Å². The number of benzene rings is 2. The van der Waals surface area contributed by atoms with Gasteiger partial charge in [-0.1, -0.05) is 12.1 Å². The van der Waals surface area contributed by atoms with E-state index in [1.165, 1.54) is 12.1 Å². The van der Waals surface area contributed by atoms with Crippen LogP contribution in [0, 0.1) is 17.1 Å². The van der Waals surface area contributed by atoms with Gasteiger partial charge in [0.05, 0.1) is 22.7 Å². The second kappa shape index (κ2) is 5.95. The van der Waals surface area contributed by atoms with Crippen molar-refractivity contribution in [2.45, 2.75) is 24.7 Å². The third kappa shape index (κ3) is 2.62. The molecule has 2 N–H and O–H groups in total. The highest BCUT2D eigenvalue weighted by atomic mass is 19.1. The molecule has 2 aromatic carbocycles. The van der Waals surface area contributed by atoms with Crippen molar-refractivity contribution < 1.29 is 14.0 Å². The summed E-state index contributed by atoms with van der Waals surface area (Å²) in [7, 11) is 0. The normalized spacial score (nSPS) is 16.8. The number of fused-ring (bicyclic) bond motifs is 1. The molecule has 130 valence electrons. The van der Waals surface area contributed by atoms with Gasteiger partial charge in [-0.3, -0.25) is 9.59 Å². The van der Waals surface area contributed by atoms with Crippen molar-refractivity contribution in [3.63, 3.8) is 0 Å². The van der Waals surface area contributed by atoms with Gasteiger partial charge in [-0.25, -0.2) is 4.39 Å². The van der Waals surface area contributed by atoms with E-state index in [1.54, 1.807) is 18.2 Å². The van der Waals surface area contributed by atoms with Crippen LogP contribution in [0.15, 0.2) is 36.4 Å². The zero-order valence-electron chi connectivity index (χ0n) is 13.9. The fraction of sp³-hybridized carbons (Fsp3) is 0.250. The van der Waals surface area contributed by atoms with Crippen LogP contribution in [0.4, 0.5) is 10.1 Å². The van der Waals surface area contributed by atoms with Crippen molar-refractivity contribution in [1.82, 2.24) is 5.32 Å². The average molecular weight is 349 g/mol. The van der Waals surface area contributed by atoms with Gasteiger partial charge in [0, 0.05) is 12.1 Å². The third-order valence-corrected chi connectivity index (χ3v) is 5.09. The van der Waals surface area contributed by atoms with E-state index in [0.29, 0.717) is 42.5 Å². The number of nitriles is 1. The molecule has 0 aromatic heterocycles. The summed E-state index contributed by atoms with van der Waals surface area (Å²) in [5.41, 5.74) is 1.55. The summed E-state index contributed by atoms with van der Waals surface area (Å²) in [5.74, 6) is -1.12. The van der Waals surface area contributed by atoms with Crippen molar-refractivity contribution in [1.29, 1.82) is 5.26 Å². The Hall–Kier alpha value is -3.20. The van der Waals surface area contributed by atoms with Crippen LogP contribution < -0.4 is 10.6 Å². The van der Waals surface area contributed by atoms with Crippen molar-refractivity contribution in [3.8, 4) is 6.07 Å². The Morgan fingerprint density at radius 3 is 2.81 bits per heavy atom. The summed E-state index contributed by atoms with van der Waals surface area (Å²) < 4.78 is 14.4.